The highest BCUT2D eigenvalue weighted by molar-refractivity contribution is 8.18. The highest BCUT2D eigenvalue weighted by Gasteiger charge is 2.31. The normalized spacial score (nSPS) is 16.3. The molecule has 0 radical (unpaired) electrons. The molecule has 1 aliphatic rings. The molecule has 0 aromatic heterocycles. The molecule has 3 aromatic carbocycles. The molecule has 0 N–H and O–H groups in total. The maximum Gasteiger partial charge on any atom is 0.266 e. The first-order valence-corrected chi connectivity index (χ1v) is 11.5. The fourth-order valence-corrected chi connectivity index (χ4v) is 4.68. The quantitative estimate of drug-likeness (QED) is 0.434. The van der Waals surface area contributed by atoms with Gasteiger partial charge in [-0.05, 0) is 71.8 Å². The molecule has 0 unspecified atom stereocenters. The van der Waals surface area contributed by atoms with Crippen molar-refractivity contribution in [1.29, 1.82) is 0 Å². The third-order valence-corrected chi connectivity index (χ3v) is 6.24. The van der Waals surface area contributed by atoms with Crippen LogP contribution in [0.25, 0.3) is 16.8 Å². The molecule has 1 fully saturated rings. The van der Waals surface area contributed by atoms with Crippen molar-refractivity contribution < 1.29 is 14.3 Å². The van der Waals surface area contributed by atoms with Gasteiger partial charge >= 0.3 is 0 Å². The number of carbonyl (C=O) groups excluding carboxylic acids is 1. The lowest BCUT2D eigenvalue weighted by atomic mass is 10.1. The molecule has 5 nitrogen and oxygen atoms in total. The van der Waals surface area contributed by atoms with E-state index in [9.17, 15) is 4.79 Å². The third-order valence-electron chi connectivity index (χ3n) is 5.19. The number of thioether (sulfide) groups is 1. The number of carbonyl (C=O) groups is 1. The third kappa shape index (κ3) is 4.65. The van der Waals surface area contributed by atoms with E-state index in [1.54, 1.807) is 12.0 Å². The first-order valence-electron chi connectivity index (χ1n) is 10.7. The molecule has 1 aliphatic heterocycles. The van der Waals surface area contributed by atoms with Crippen LogP contribution in [0.3, 0.4) is 0 Å². The van der Waals surface area contributed by atoms with Gasteiger partial charge in [-0.2, -0.15) is 0 Å². The standard InChI is InChI=1S/C26H26N2O3S/c1-4-27-26-28(5-2)25(29)24(32-26)16-18-11-13-22(23(15-18)30-3)31-17-19-10-12-20-8-6-7-9-21(20)14-19/h6-16H,4-5,17H2,1-3H3/b24-16+,27-26?. The summed E-state index contributed by atoms with van der Waals surface area (Å²) in [5, 5.41) is 3.15. The molecule has 0 atom stereocenters. The lowest BCUT2D eigenvalue weighted by Crippen LogP contribution is -2.28. The monoisotopic (exact) mass is 446 g/mol. The summed E-state index contributed by atoms with van der Waals surface area (Å²) in [5.41, 5.74) is 1.97. The Bertz CT molecular complexity index is 1200. The highest BCUT2D eigenvalue weighted by Crippen LogP contribution is 2.35. The lowest BCUT2D eigenvalue weighted by molar-refractivity contribution is -0.122. The maximum atomic E-state index is 12.7. The molecule has 1 heterocycles. The summed E-state index contributed by atoms with van der Waals surface area (Å²) in [6.45, 7) is 5.62. The van der Waals surface area contributed by atoms with Gasteiger partial charge in [0.05, 0.1) is 12.0 Å². The molecular weight excluding hydrogens is 420 g/mol. The number of aliphatic imine (C=N–C) groups is 1. The zero-order valence-electron chi connectivity index (χ0n) is 18.5. The number of likely N-dealkylation sites (N-methyl/N-ethyl adjacent to an activating group) is 1. The molecule has 0 aliphatic carbocycles. The summed E-state index contributed by atoms with van der Waals surface area (Å²) in [6.07, 6.45) is 1.88. The number of hydrogen-bond acceptors (Lipinski definition) is 5. The second-order valence-corrected chi connectivity index (χ2v) is 8.31. The molecule has 0 bridgehead atoms. The minimum Gasteiger partial charge on any atom is -0.493 e. The summed E-state index contributed by atoms with van der Waals surface area (Å²) < 4.78 is 11.6. The van der Waals surface area contributed by atoms with E-state index in [-0.39, 0.29) is 5.91 Å². The smallest absolute Gasteiger partial charge is 0.266 e. The molecule has 0 saturated carbocycles. The first-order chi connectivity index (χ1) is 15.6. The Morgan fingerprint density at radius 2 is 1.81 bits per heavy atom. The maximum absolute atomic E-state index is 12.7. The Balaban J connectivity index is 1.52. The van der Waals surface area contributed by atoms with Gasteiger partial charge in [-0.1, -0.05) is 42.5 Å². The van der Waals surface area contributed by atoms with Crippen LogP contribution in [0.5, 0.6) is 11.5 Å². The van der Waals surface area contributed by atoms with Gasteiger partial charge in [0.25, 0.3) is 5.91 Å². The van der Waals surface area contributed by atoms with Crippen molar-refractivity contribution in [2.24, 2.45) is 4.99 Å². The van der Waals surface area contributed by atoms with Gasteiger partial charge < -0.3 is 9.47 Å². The number of hydrogen-bond donors (Lipinski definition) is 0. The fraction of sp³-hybridized carbons (Fsp3) is 0.231. The highest BCUT2D eigenvalue weighted by atomic mass is 32.2. The Morgan fingerprint density at radius 1 is 1.00 bits per heavy atom. The van der Waals surface area contributed by atoms with Crippen LogP contribution in [0.15, 0.2) is 70.6 Å². The second kappa shape index (κ2) is 9.92. The number of methoxy groups -OCH3 is 1. The minimum absolute atomic E-state index is 0.0136. The van der Waals surface area contributed by atoms with Crippen LogP contribution >= 0.6 is 11.8 Å². The number of benzene rings is 3. The van der Waals surface area contributed by atoms with E-state index in [2.05, 4.69) is 35.3 Å². The van der Waals surface area contributed by atoms with Gasteiger partial charge in [0.1, 0.15) is 6.61 Å². The molecule has 0 spiro atoms. The average Bonchev–Trinajstić information content (AvgIpc) is 3.11. The van der Waals surface area contributed by atoms with Crippen molar-refractivity contribution >= 4 is 39.7 Å². The van der Waals surface area contributed by atoms with E-state index in [4.69, 9.17) is 9.47 Å². The number of rotatable bonds is 7. The van der Waals surface area contributed by atoms with E-state index < -0.39 is 0 Å². The zero-order valence-corrected chi connectivity index (χ0v) is 19.3. The van der Waals surface area contributed by atoms with Gasteiger partial charge in [-0.15, -0.1) is 0 Å². The van der Waals surface area contributed by atoms with E-state index in [0.29, 0.717) is 36.1 Å². The molecular formula is C26H26N2O3S. The van der Waals surface area contributed by atoms with Crippen LogP contribution in [0.1, 0.15) is 25.0 Å². The van der Waals surface area contributed by atoms with Crippen molar-refractivity contribution in [1.82, 2.24) is 4.90 Å². The van der Waals surface area contributed by atoms with Crippen LogP contribution in [0.4, 0.5) is 0 Å². The summed E-state index contributed by atoms with van der Waals surface area (Å²) in [6, 6.07) is 20.3. The Labute approximate surface area is 192 Å². The van der Waals surface area contributed by atoms with Crippen LogP contribution in [0, 0.1) is 0 Å². The van der Waals surface area contributed by atoms with Crippen LogP contribution in [0.2, 0.25) is 0 Å². The number of amides is 1. The Hall–Kier alpha value is -3.25. The van der Waals surface area contributed by atoms with Gasteiger partial charge in [-0.25, -0.2) is 0 Å². The van der Waals surface area contributed by atoms with E-state index in [0.717, 1.165) is 16.3 Å². The van der Waals surface area contributed by atoms with Crippen molar-refractivity contribution in [2.45, 2.75) is 20.5 Å². The zero-order chi connectivity index (χ0) is 22.5. The van der Waals surface area contributed by atoms with Crippen molar-refractivity contribution in [3.8, 4) is 11.5 Å². The van der Waals surface area contributed by atoms with Crippen LogP contribution in [-0.4, -0.2) is 36.2 Å². The van der Waals surface area contributed by atoms with Crippen molar-refractivity contribution in [2.75, 3.05) is 20.2 Å². The van der Waals surface area contributed by atoms with Crippen molar-refractivity contribution in [3.63, 3.8) is 0 Å². The van der Waals surface area contributed by atoms with Crippen LogP contribution in [-0.2, 0) is 11.4 Å². The van der Waals surface area contributed by atoms with Gasteiger partial charge in [0.15, 0.2) is 16.7 Å². The second-order valence-electron chi connectivity index (χ2n) is 7.30. The van der Waals surface area contributed by atoms with Crippen molar-refractivity contribution in [3.05, 3.63) is 76.7 Å². The summed E-state index contributed by atoms with van der Waals surface area (Å²) in [5.74, 6) is 1.28. The minimum atomic E-state index is -0.0136. The fourth-order valence-electron chi connectivity index (χ4n) is 3.57. The first kappa shape index (κ1) is 22.0. The summed E-state index contributed by atoms with van der Waals surface area (Å²) in [4.78, 5) is 19.5. The Morgan fingerprint density at radius 3 is 2.56 bits per heavy atom. The average molecular weight is 447 g/mol. The predicted molar refractivity (Wildman–Crippen MR) is 132 cm³/mol. The molecule has 4 rings (SSSR count). The molecule has 1 saturated heterocycles. The number of fused-ring (bicyclic) bond motifs is 1. The Kier molecular flexibility index (Phi) is 6.81. The molecule has 164 valence electrons. The SMILES string of the molecule is CCN=C1S/C(=C/c2ccc(OCc3ccc4ccccc4c3)c(OC)c2)C(=O)N1CC. The molecule has 32 heavy (non-hydrogen) atoms. The lowest BCUT2D eigenvalue weighted by Gasteiger charge is -2.12. The summed E-state index contributed by atoms with van der Waals surface area (Å²) >= 11 is 1.41. The van der Waals surface area contributed by atoms with E-state index in [1.165, 1.54) is 22.5 Å². The van der Waals surface area contributed by atoms with Gasteiger partial charge in [0, 0.05) is 13.1 Å². The molecule has 1 amide bonds. The topological polar surface area (TPSA) is 51.1 Å². The summed E-state index contributed by atoms with van der Waals surface area (Å²) in [7, 11) is 1.62. The predicted octanol–water partition coefficient (Wildman–Crippen LogP) is 5.74. The van der Waals surface area contributed by atoms with E-state index in [1.807, 2.05) is 50.3 Å². The largest absolute Gasteiger partial charge is 0.493 e. The van der Waals surface area contributed by atoms with Gasteiger partial charge in [0.2, 0.25) is 0 Å². The number of nitrogens with zero attached hydrogens (tertiary/aromatic N) is 2. The molecule has 6 heteroatoms. The van der Waals surface area contributed by atoms with Crippen LogP contribution < -0.4 is 9.47 Å². The van der Waals surface area contributed by atoms with Gasteiger partial charge in [-0.3, -0.25) is 14.7 Å². The number of amidine groups is 1. The van der Waals surface area contributed by atoms with E-state index >= 15 is 0 Å². The molecule has 3 aromatic rings. The number of ether oxygens (including phenoxy) is 2.